The molecule has 1 amide bonds. The molecule has 0 aromatic heterocycles. The first kappa shape index (κ1) is 17.6. The Kier molecular flexibility index (Phi) is 5.82. The van der Waals surface area contributed by atoms with E-state index in [1.54, 1.807) is 18.2 Å². The summed E-state index contributed by atoms with van der Waals surface area (Å²) in [7, 11) is 0. The minimum Gasteiger partial charge on any atom is -0.339 e. The predicted molar refractivity (Wildman–Crippen MR) is 97.6 cm³/mol. The van der Waals surface area contributed by atoms with Crippen LogP contribution in [0, 0.1) is 5.82 Å². The zero-order chi connectivity index (χ0) is 17.6. The number of carbonyl (C=O) groups excluding carboxylic acids is 1. The largest absolute Gasteiger partial charge is 0.339 e. The summed E-state index contributed by atoms with van der Waals surface area (Å²) in [5.74, 6) is -0.171. The number of hydrogen-bond acceptors (Lipinski definition) is 2. The molecule has 132 valence electrons. The smallest absolute Gasteiger partial charge is 0.224 e. The number of rotatable bonds is 6. The normalized spacial score (nSPS) is 18.3. The average Bonchev–Trinajstić information content (AvgIpc) is 3.06. The maximum absolute atomic E-state index is 13.7. The molecular weight excluding hydrogens is 315 g/mol. The van der Waals surface area contributed by atoms with E-state index in [-0.39, 0.29) is 30.2 Å². The minimum atomic E-state index is -0.359. The summed E-state index contributed by atoms with van der Waals surface area (Å²) in [6.07, 6.45) is 3.60. The van der Waals surface area contributed by atoms with Gasteiger partial charge in [0.05, 0.1) is 0 Å². The van der Waals surface area contributed by atoms with Crippen LogP contribution < -0.4 is 5.73 Å². The van der Waals surface area contributed by atoms with Crippen molar-refractivity contribution in [3.63, 3.8) is 0 Å². The molecule has 2 N–H and O–H groups in total. The molecule has 1 unspecified atom stereocenters. The first-order valence-electron chi connectivity index (χ1n) is 8.96. The lowest BCUT2D eigenvalue weighted by atomic mass is 10.0. The third kappa shape index (κ3) is 4.67. The van der Waals surface area contributed by atoms with E-state index in [2.05, 4.69) is 12.1 Å². The summed E-state index contributed by atoms with van der Waals surface area (Å²) < 4.78 is 13.7. The Morgan fingerprint density at radius 3 is 2.64 bits per heavy atom. The molecule has 4 heteroatoms. The Bertz CT molecular complexity index is 704. The molecule has 0 spiro atoms. The summed E-state index contributed by atoms with van der Waals surface area (Å²) in [5.41, 5.74) is 7.95. The number of hydrogen-bond donors (Lipinski definition) is 1. The number of likely N-dealkylation sites (tertiary alicyclic amines) is 1. The first-order chi connectivity index (χ1) is 12.1. The van der Waals surface area contributed by atoms with Gasteiger partial charge in [-0.05, 0) is 42.9 Å². The molecule has 2 aromatic rings. The van der Waals surface area contributed by atoms with Crippen molar-refractivity contribution in [1.82, 2.24) is 4.90 Å². The molecule has 3 rings (SSSR count). The lowest BCUT2D eigenvalue weighted by molar-refractivity contribution is -0.132. The number of nitrogens with zero attached hydrogens (tertiary/aromatic N) is 1. The molecule has 1 heterocycles. The average molecular weight is 340 g/mol. The molecule has 0 radical (unpaired) electrons. The van der Waals surface area contributed by atoms with E-state index < -0.39 is 0 Å². The maximum atomic E-state index is 13.7. The highest BCUT2D eigenvalue weighted by Crippen LogP contribution is 2.22. The molecule has 2 aromatic carbocycles. The van der Waals surface area contributed by atoms with E-state index in [0.29, 0.717) is 12.0 Å². The van der Waals surface area contributed by atoms with E-state index in [9.17, 15) is 9.18 Å². The second-order valence-electron chi connectivity index (χ2n) is 6.83. The van der Waals surface area contributed by atoms with Crippen molar-refractivity contribution >= 4 is 5.91 Å². The van der Waals surface area contributed by atoms with Gasteiger partial charge in [-0.1, -0.05) is 48.5 Å². The monoisotopic (exact) mass is 340 g/mol. The number of benzene rings is 2. The van der Waals surface area contributed by atoms with Gasteiger partial charge in [0, 0.05) is 25.0 Å². The fourth-order valence-corrected chi connectivity index (χ4v) is 3.62. The van der Waals surface area contributed by atoms with E-state index in [1.807, 2.05) is 23.1 Å². The van der Waals surface area contributed by atoms with Crippen LogP contribution in [0.25, 0.3) is 0 Å². The molecule has 25 heavy (non-hydrogen) atoms. The molecule has 1 saturated heterocycles. The highest BCUT2D eigenvalue weighted by atomic mass is 19.1. The quantitative estimate of drug-likeness (QED) is 0.877. The second-order valence-corrected chi connectivity index (χ2v) is 6.83. The molecule has 2 atom stereocenters. The lowest BCUT2D eigenvalue weighted by Crippen LogP contribution is -2.40. The standard InChI is InChI=1S/C21H25FN2O/c22-20-11-5-4-9-17(20)14-18(23)15-21(25)24-12-6-10-19(24)13-16-7-2-1-3-8-16/h1-5,7-9,11,18-19H,6,10,12-15,23H2/t18?,19-/m1/s1. The summed E-state index contributed by atoms with van der Waals surface area (Å²) in [6, 6.07) is 16.8. The molecule has 1 fully saturated rings. The van der Waals surface area contributed by atoms with Gasteiger partial charge in [-0.3, -0.25) is 4.79 Å². The zero-order valence-electron chi connectivity index (χ0n) is 14.4. The number of halogens is 1. The topological polar surface area (TPSA) is 46.3 Å². The van der Waals surface area contributed by atoms with E-state index in [1.165, 1.54) is 11.6 Å². The van der Waals surface area contributed by atoms with Crippen molar-refractivity contribution in [3.05, 3.63) is 71.5 Å². The van der Waals surface area contributed by atoms with Crippen LogP contribution in [0.1, 0.15) is 30.4 Å². The van der Waals surface area contributed by atoms with E-state index in [0.717, 1.165) is 25.8 Å². The third-order valence-corrected chi connectivity index (χ3v) is 4.89. The molecule has 1 aliphatic heterocycles. The summed E-state index contributed by atoms with van der Waals surface area (Å²) >= 11 is 0. The van der Waals surface area contributed by atoms with Crippen LogP contribution >= 0.6 is 0 Å². The van der Waals surface area contributed by atoms with E-state index in [4.69, 9.17) is 5.73 Å². The molecule has 3 nitrogen and oxygen atoms in total. The second kappa shape index (κ2) is 8.26. The van der Waals surface area contributed by atoms with Crippen molar-refractivity contribution in [2.24, 2.45) is 5.73 Å². The fourth-order valence-electron chi connectivity index (χ4n) is 3.62. The van der Waals surface area contributed by atoms with Gasteiger partial charge in [-0.15, -0.1) is 0 Å². The Morgan fingerprint density at radius 1 is 1.16 bits per heavy atom. The van der Waals surface area contributed by atoms with Gasteiger partial charge in [-0.2, -0.15) is 0 Å². The van der Waals surface area contributed by atoms with Gasteiger partial charge < -0.3 is 10.6 Å². The Labute approximate surface area is 148 Å². The van der Waals surface area contributed by atoms with Crippen molar-refractivity contribution in [1.29, 1.82) is 0 Å². The molecule has 0 bridgehead atoms. The van der Waals surface area contributed by atoms with Crippen LogP contribution in [-0.2, 0) is 17.6 Å². The van der Waals surface area contributed by atoms with Crippen molar-refractivity contribution in [3.8, 4) is 0 Å². The predicted octanol–water partition coefficient (Wildman–Crippen LogP) is 3.32. The molecule has 0 saturated carbocycles. The van der Waals surface area contributed by atoms with E-state index >= 15 is 0 Å². The summed E-state index contributed by atoms with van der Waals surface area (Å²) in [5, 5.41) is 0. The van der Waals surface area contributed by atoms with Crippen molar-refractivity contribution < 1.29 is 9.18 Å². The third-order valence-electron chi connectivity index (χ3n) is 4.89. The zero-order valence-corrected chi connectivity index (χ0v) is 14.4. The minimum absolute atomic E-state index is 0.0854. The van der Waals surface area contributed by atoms with Gasteiger partial charge in [0.15, 0.2) is 0 Å². The van der Waals surface area contributed by atoms with Crippen LogP contribution in [0.15, 0.2) is 54.6 Å². The summed E-state index contributed by atoms with van der Waals surface area (Å²) in [4.78, 5) is 14.7. The lowest BCUT2D eigenvalue weighted by Gasteiger charge is -2.26. The Hall–Kier alpha value is -2.20. The van der Waals surface area contributed by atoms with Crippen LogP contribution in [0.3, 0.4) is 0 Å². The highest BCUT2D eigenvalue weighted by Gasteiger charge is 2.29. The molecular formula is C21H25FN2O. The van der Waals surface area contributed by atoms with Crippen LogP contribution in [0.2, 0.25) is 0 Å². The Morgan fingerprint density at radius 2 is 1.88 bits per heavy atom. The van der Waals surface area contributed by atoms with Crippen molar-refractivity contribution in [2.45, 2.75) is 44.2 Å². The molecule has 1 aliphatic rings. The number of nitrogens with two attached hydrogens (primary N) is 1. The van der Waals surface area contributed by atoms with Gasteiger partial charge in [0.2, 0.25) is 5.91 Å². The highest BCUT2D eigenvalue weighted by molar-refractivity contribution is 5.77. The van der Waals surface area contributed by atoms with Crippen LogP contribution in [0.4, 0.5) is 4.39 Å². The molecule has 0 aliphatic carbocycles. The summed E-state index contributed by atoms with van der Waals surface area (Å²) in [6.45, 7) is 0.794. The van der Waals surface area contributed by atoms with Gasteiger partial charge in [-0.25, -0.2) is 4.39 Å². The Balaban J connectivity index is 1.57. The number of carbonyl (C=O) groups is 1. The van der Waals surface area contributed by atoms with Crippen LogP contribution in [-0.4, -0.2) is 29.4 Å². The fraction of sp³-hybridized carbons (Fsp3) is 0.381. The SMILES string of the molecule is NC(CC(=O)N1CCC[C@@H]1Cc1ccccc1)Cc1ccccc1F. The van der Waals surface area contributed by atoms with Gasteiger partial charge in [0.1, 0.15) is 5.82 Å². The van der Waals surface area contributed by atoms with Gasteiger partial charge >= 0.3 is 0 Å². The first-order valence-corrected chi connectivity index (χ1v) is 8.96. The van der Waals surface area contributed by atoms with Gasteiger partial charge in [0.25, 0.3) is 0 Å². The number of amides is 1. The maximum Gasteiger partial charge on any atom is 0.224 e. The van der Waals surface area contributed by atoms with Crippen LogP contribution in [0.5, 0.6) is 0 Å². The van der Waals surface area contributed by atoms with Crippen molar-refractivity contribution in [2.75, 3.05) is 6.54 Å².